The first-order valence-corrected chi connectivity index (χ1v) is 22.0. The van der Waals surface area contributed by atoms with Gasteiger partial charge < -0.3 is 21.1 Å². The molecular weight excluding hydrogens is 865 g/mol. The van der Waals surface area contributed by atoms with Crippen molar-refractivity contribution in [3.63, 3.8) is 0 Å². The predicted octanol–water partition coefficient (Wildman–Crippen LogP) is 7.34. The van der Waals surface area contributed by atoms with E-state index in [0.717, 1.165) is 47.0 Å². The van der Waals surface area contributed by atoms with Crippen LogP contribution in [0.3, 0.4) is 0 Å². The van der Waals surface area contributed by atoms with Gasteiger partial charge in [0.1, 0.15) is 24.5 Å². The van der Waals surface area contributed by atoms with Crippen molar-refractivity contribution >= 4 is 44.3 Å². The molecule has 0 fully saturated rings. The summed E-state index contributed by atoms with van der Waals surface area (Å²) in [6.45, 7) is 1.42. The SMILES string of the molecule is Cn1ncnc1C1C2=NCC(=O)c3cc(F)cc(c32)N[C@@H]1c1ccc(NCc2ccc(CCc3ccc(S(=O)(=O)CC(C)(O)C(=O)Nc4ccc(C#N)c(C(F)(F)F)c4)cc3)cc2)cc1. The summed E-state index contributed by atoms with van der Waals surface area (Å²) in [7, 11) is -2.42. The number of anilines is 3. The van der Waals surface area contributed by atoms with Gasteiger partial charge in [0.05, 0.1) is 45.5 Å². The number of hydrogen-bond donors (Lipinski definition) is 4. The number of aryl methyl sites for hydroxylation is 3. The van der Waals surface area contributed by atoms with E-state index < -0.39 is 56.1 Å². The molecule has 2 aliphatic rings. The average molecular weight is 905 g/mol. The number of carbonyl (C=O) groups is 2. The molecule has 0 spiro atoms. The third-order valence-electron chi connectivity index (χ3n) is 11.5. The van der Waals surface area contributed by atoms with Crippen LogP contribution in [-0.4, -0.2) is 63.6 Å². The highest BCUT2D eigenvalue weighted by Gasteiger charge is 2.42. The summed E-state index contributed by atoms with van der Waals surface area (Å²) in [5, 5.41) is 33.1. The fourth-order valence-corrected chi connectivity index (χ4v) is 9.65. The summed E-state index contributed by atoms with van der Waals surface area (Å²) < 4.78 is 83.0. The molecule has 0 aliphatic carbocycles. The Balaban J connectivity index is 0.853. The van der Waals surface area contributed by atoms with E-state index in [1.165, 1.54) is 36.7 Å². The van der Waals surface area contributed by atoms with E-state index in [1.54, 1.807) is 23.9 Å². The number of ketones is 1. The molecule has 0 saturated carbocycles. The normalized spacial score (nSPS) is 16.6. The summed E-state index contributed by atoms with van der Waals surface area (Å²) in [5.74, 6) is -2.77. The smallest absolute Gasteiger partial charge is 0.381 e. The first-order chi connectivity index (χ1) is 30.9. The number of Topliss-reactive ketones (excluding diaryl/α,β-unsaturated/α-hetero) is 1. The molecule has 0 saturated heterocycles. The Morgan fingerprint density at radius 1 is 0.938 bits per heavy atom. The highest BCUT2D eigenvalue weighted by atomic mass is 32.2. The van der Waals surface area contributed by atoms with Crippen LogP contribution in [-0.2, 0) is 47.2 Å². The molecule has 0 bridgehead atoms. The van der Waals surface area contributed by atoms with Crippen LogP contribution in [0.15, 0.2) is 119 Å². The molecule has 6 aromatic rings. The molecule has 5 aromatic carbocycles. The van der Waals surface area contributed by atoms with E-state index >= 15 is 0 Å². The lowest BCUT2D eigenvalue weighted by atomic mass is 9.78. The van der Waals surface area contributed by atoms with Crippen LogP contribution < -0.4 is 16.0 Å². The highest BCUT2D eigenvalue weighted by Crippen LogP contribution is 2.45. The van der Waals surface area contributed by atoms with Crippen molar-refractivity contribution < 1.29 is 40.7 Å². The van der Waals surface area contributed by atoms with Crippen molar-refractivity contribution in [2.24, 2.45) is 12.0 Å². The number of amides is 1. The minimum absolute atomic E-state index is 0.0750. The number of carbonyl (C=O) groups excluding carboxylic acids is 2. The molecule has 332 valence electrons. The number of aliphatic hydroxyl groups is 1. The zero-order valence-electron chi connectivity index (χ0n) is 34.8. The van der Waals surface area contributed by atoms with E-state index in [-0.39, 0.29) is 29.0 Å². The number of sulfone groups is 1. The monoisotopic (exact) mass is 904 g/mol. The number of nitrogens with zero attached hydrogens (tertiary/aromatic N) is 5. The maximum atomic E-state index is 14.7. The van der Waals surface area contributed by atoms with Gasteiger partial charge in [0.15, 0.2) is 21.2 Å². The summed E-state index contributed by atoms with van der Waals surface area (Å²) >= 11 is 0. The molecule has 3 atom stereocenters. The first kappa shape index (κ1) is 44.4. The van der Waals surface area contributed by atoms with Crippen LogP contribution in [0.4, 0.5) is 34.6 Å². The molecule has 4 N–H and O–H groups in total. The van der Waals surface area contributed by atoms with Crippen LogP contribution in [0.5, 0.6) is 0 Å². The number of halogens is 4. The maximum Gasteiger partial charge on any atom is 0.417 e. The van der Waals surface area contributed by atoms with Crippen LogP contribution in [0.1, 0.15) is 74.0 Å². The van der Waals surface area contributed by atoms with Gasteiger partial charge in [0.2, 0.25) is 0 Å². The van der Waals surface area contributed by atoms with Crippen molar-refractivity contribution in [2.45, 2.75) is 54.9 Å². The Morgan fingerprint density at radius 3 is 2.22 bits per heavy atom. The molecule has 1 amide bonds. The molecular formula is C47H40F4N8O5S. The number of nitrogens with one attached hydrogen (secondary N) is 3. The number of benzene rings is 5. The Hall–Kier alpha value is -7.23. The standard InChI is InChI=1S/C47H40F4N8O5S/c1-46(62,45(61)57-34-16-13-31(22-52)37(21-34)47(49,50)51)25-65(63,64)35-17-9-28(10-18-35)4-3-27-5-7-29(8-6-27)23-53-33-14-11-30(12-15-33)42-41(44-55-26-56-59(44)2)43-40-36(39(60)24-54-43)19-32(48)20-38(40)58-42/h5-21,26,41-42,53,58,62H,3-4,23-25H2,1-2H3,(H,57,61)/t41?,42-,46?/m1/s1. The number of aromatic nitrogens is 3. The summed E-state index contributed by atoms with van der Waals surface area (Å²) in [6.07, 6.45) is -2.16. The third-order valence-corrected chi connectivity index (χ3v) is 13.4. The predicted molar refractivity (Wildman–Crippen MR) is 234 cm³/mol. The van der Waals surface area contributed by atoms with Gasteiger partial charge in [0.25, 0.3) is 5.91 Å². The summed E-state index contributed by atoms with van der Waals surface area (Å²) in [5.41, 5.74) is 1.97. The Labute approximate surface area is 370 Å². The lowest BCUT2D eigenvalue weighted by Gasteiger charge is -2.37. The number of rotatable bonds is 13. The number of aliphatic imine (C=N–C) groups is 1. The van der Waals surface area contributed by atoms with Crippen LogP contribution in [0.2, 0.25) is 0 Å². The Kier molecular flexibility index (Phi) is 11.9. The van der Waals surface area contributed by atoms with E-state index in [2.05, 4.69) is 31.0 Å². The quantitative estimate of drug-likeness (QED) is 0.0853. The molecule has 1 aromatic heterocycles. The van der Waals surface area contributed by atoms with Gasteiger partial charge >= 0.3 is 6.18 Å². The van der Waals surface area contributed by atoms with Gasteiger partial charge in [-0.05, 0) is 96.6 Å². The fraction of sp³-hybridized carbons (Fsp3) is 0.234. The fourth-order valence-electron chi connectivity index (χ4n) is 8.06. The van der Waals surface area contributed by atoms with E-state index in [1.807, 2.05) is 48.5 Å². The van der Waals surface area contributed by atoms with Gasteiger partial charge in [-0.1, -0.05) is 48.5 Å². The van der Waals surface area contributed by atoms with Crippen LogP contribution in [0, 0.1) is 17.1 Å². The van der Waals surface area contributed by atoms with E-state index in [4.69, 9.17) is 5.26 Å². The molecule has 13 nitrogen and oxygen atoms in total. The van der Waals surface area contributed by atoms with Crippen molar-refractivity contribution in [2.75, 3.05) is 28.2 Å². The van der Waals surface area contributed by atoms with Gasteiger partial charge in [-0.15, -0.1) is 0 Å². The molecule has 2 unspecified atom stereocenters. The second-order valence-electron chi connectivity index (χ2n) is 16.1. The second-order valence-corrected chi connectivity index (χ2v) is 18.1. The lowest BCUT2D eigenvalue weighted by molar-refractivity contribution is -0.137. The van der Waals surface area contributed by atoms with Crippen molar-refractivity contribution in [1.82, 2.24) is 14.8 Å². The minimum Gasteiger partial charge on any atom is -0.381 e. The van der Waals surface area contributed by atoms with Crippen molar-refractivity contribution in [1.29, 1.82) is 5.26 Å². The molecule has 3 heterocycles. The summed E-state index contributed by atoms with van der Waals surface area (Å²) in [6, 6.07) is 28.2. The zero-order chi connectivity index (χ0) is 46.3. The van der Waals surface area contributed by atoms with Gasteiger partial charge in [0, 0.05) is 41.8 Å². The minimum atomic E-state index is -4.88. The third kappa shape index (κ3) is 9.38. The number of nitriles is 1. The number of alkyl halides is 3. The van der Waals surface area contributed by atoms with E-state index in [0.29, 0.717) is 53.8 Å². The molecule has 0 radical (unpaired) electrons. The largest absolute Gasteiger partial charge is 0.417 e. The van der Waals surface area contributed by atoms with Crippen LogP contribution in [0.25, 0.3) is 0 Å². The molecule has 8 rings (SSSR count). The second kappa shape index (κ2) is 17.4. The Bertz CT molecular complexity index is 3000. The number of hydrogen-bond acceptors (Lipinski definition) is 11. The molecule has 18 heteroatoms. The van der Waals surface area contributed by atoms with Gasteiger partial charge in [-0.25, -0.2) is 17.8 Å². The molecule has 2 aliphatic heterocycles. The first-order valence-electron chi connectivity index (χ1n) is 20.3. The zero-order valence-corrected chi connectivity index (χ0v) is 35.6. The lowest BCUT2D eigenvalue weighted by Crippen LogP contribution is -2.45. The molecule has 65 heavy (non-hydrogen) atoms. The van der Waals surface area contributed by atoms with Crippen molar-refractivity contribution in [3.05, 3.63) is 166 Å². The van der Waals surface area contributed by atoms with Gasteiger partial charge in [-0.2, -0.15) is 23.5 Å². The maximum absolute atomic E-state index is 14.7. The highest BCUT2D eigenvalue weighted by molar-refractivity contribution is 7.91. The van der Waals surface area contributed by atoms with E-state index in [9.17, 15) is 40.7 Å². The summed E-state index contributed by atoms with van der Waals surface area (Å²) in [4.78, 5) is 34.6. The van der Waals surface area contributed by atoms with Crippen molar-refractivity contribution in [3.8, 4) is 6.07 Å². The average Bonchev–Trinajstić information content (AvgIpc) is 3.70. The topological polar surface area (TPSA) is 191 Å². The van der Waals surface area contributed by atoms with Gasteiger partial charge in [-0.3, -0.25) is 19.3 Å². The van der Waals surface area contributed by atoms with Crippen LogP contribution >= 0.6 is 0 Å². The Morgan fingerprint density at radius 2 is 1.58 bits per heavy atom.